The molecular formula is C13H18O4. The first-order chi connectivity index (χ1) is 8.12. The van der Waals surface area contributed by atoms with E-state index in [2.05, 4.69) is 0 Å². The SMILES string of the molecule is CCOC(C)(OCC)C(=O)Oc1ccccc1. The molecule has 17 heavy (non-hydrogen) atoms. The third kappa shape index (κ3) is 3.84. The van der Waals surface area contributed by atoms with E-state index in [1.807, 2.05) is 6.07 Å². The van der Waals surface area contributed by atoms with Crippen LogP contribution in [-0.2, 0) is 14.3 Å². The highest BCUT2D eigenvalue weighted by Crippen LogP contribution is 2.18. The molecule has 0 atom stereocenters. The summed E-state index contributed by atoms with van der Waals surface area (Å²) < 4.78 is 15.8. The molecule has 0 aliphatic rings. The second-order valence-electron chi connectivity index (χ2n) is 3.51. The van der Waals surface area contributed by atoms with E-state index in [0.29, 0.717) is 19.0 Å². The van der Waals surface area contributed by atoms with Gasteiger partial charge in [-0.05, 0) is 26.0 Å². The lowest BCUT2D eigenvalue weighted by molar-refractivity contribution is -0.230. The molecule has 0 radical (unpaired) electrons. The Balaban J connectivity index is 2.72. The Kier molecular flexibility index (Phi) is 5.12. The fourth-order valence-electron chi connectivity index (χ4n) is 1.40. The van der Waals surface area contributed by atoms with Crippen LogP contribution in [0.25, 0.3) is 0 Å². The molecule has 0 bridgehead atoms. The van der Waals surface area contributed by atoms with Gasteiger partial charge in [-0.15, -0.1) is 0 Å². The number of para-hydroxylation sites is 1. The van der Waals surface area contributed by atoms with Gasteiger partial charge >= 0.3 is 5.97 Å². The zero-order chi connectivity index (χ0) is 12.7. The summed E-state index contributed by atoms with van der Waals surface area (Å²) in [4.78, 5) is 11.9. The Morgan fingerprint density at radius 1 is 1.12 bits per heavy atom. The molecule has 0 aliphatic heterocycles. The molecule has 1 aromatic rings. The van der Waals surface area contributed by atoms with Gasteiger partial charge in [0.1, 0.15) is 5.75 Å². The van der Waals surface area contributed by atoms with Crippen LogP contribution in [-0.4, -0.2) is 25.0 Å². The minimum absolute atomic E-state index is 0.375. The minimum atomic E-state index is -1.35. The van der Waals surface area contributed by atoms with Gasteiger partial charge in [0.2, 0.25) is 0 Å². The van der Waals surface area contributed by atoms with E-state index in [0.717, 1.165) is 0 Å². The summed E-state index contributed by atoms with van der Waals surface area (Å²) >= 11 is 0. The third-order valence-electron chi connectivity index (χ3n) is 2.16. The molecule has 0 fully saturated rings. The molecule has 94 valence electrons. The Labute approximate surface area is 101 Å². The van der Waals surface area contributed by atoms with Crippen LogP contribution < -0.4 is 4.74 Å². The second-order valence-corrected chi connectivity index (χ2v) is 3.51. The van der Waals surface area contributed by atoms with Gasteiger partial charge in [0, 0.05) is 20.1 Å². The number of hydrogen-bond acceptors (Lipinski definition) is 4. The first-order valence-corrected chi connectivity index (χ1v) is 5.67. The summed E-state index contributed by atoms with van der Waals surface area (Å²) in [6.45, 7) is 5.91. The van der Waals surface area contributed by atoms with Crippen LogP contribution >= 0.6 is 0 Å². The number of esters is 1. The van der Waals surface area contributed by atoms with Gasteiger partial charge < -0.3 is 14.2 Å². The zero-order valence-electron chi connectivity index (χ0n) is 10.4. The summed E-state index contributed by atoms with van der Waals surface area (Å²) in [5.74, 6) is -1.42. The van der Waals surface area contributed by atoms with Gasteiger partial charge in [-0.3, -0.25) is 0 Å². The number of rotatable bonds is 6. The van der Waals surface area contributed by atoms with E-state index < -0.39 is 11.8 Å². The Hall–Kier alpha value is -1.39. The molecule has 0 aliphatic carbocycles. The van der Waals surface area contributed by atoms with Crippen molar-refractivity contribution in [2.45, 2.75) is 26.6 Å². The van der Waals surface area contributed by atoms with Gasteiger partial charge in [-0.1, -0.05) is 18.2 Å². The number of carbonyl (C=O) groups is 1. The summed E-state index contributed by atoms with van der Waals surface area (Å²) in [6.07, 6.45) is 0. The van der Waals surface area contributed by atoms with Crippen molar-refractivity contribution in [3.8, 4) is 5.75 Å². The molecule has 0 saturated heterocycles. The van der Waals surface area contributed by atoms with Crippen molar-refractivity contribution in [1.29, 1.82) is 0 Å². The maximum absolute atomic E-state index is 11.9. The molecule has 0 saturated carbocycles. The highest BCUT2D eigenvalue weighted by molar-refractivity contribution is 5.79. The van der Waals surface area contributed by atoms with E-state index in [-0.39, 0.29) is 0 Å². The van der Waals surface area contributed by atoms with Gasteiger partial charge in [0.25, 0.3) is 5.79 Å². The fraction of sp³-hybridized carbons (Fsp3) is 0.462. The molecule has 0 unspecified atom stereocenters. The summed E-state index contributed by atoms with van der Waals surface area (Å²) in [5.41, 5.74) is 0. The second kappa shape index (κ2) is 6.37. The van der Waals surface area contributed by atoms with Crippen LogP contribution in [0.4, 0.5) is 0 Å². The zero-order valence-corrected chi connectivity index (χ0v) is 10.4. The van der Waals surface area contributed by atoms with Crippen molar-refractivity contribution >= 4 is 5.97 Å². The van der Waals surface area contributed by atoms with Gasteiger partial charge in [0.05, 0.1) is 0 Å². The molecule has 0 N–H and O–H groups in total. The van der Waals surface area contributed by atoms with Crippen LogP contribution in [0.1, 0.15) is 20.8 Å². The largest absolute Gasteiger partial charge is 0.423 e. The van der Waals surface area contributed by atoms with Crippen molar-refractivity contribution in [3.63, 3.8) is 0 Å². The predicted molar refractivity (Wildman–Crippen MR) is 63.7 cm³/mol. The van der Waals surface area contributed by atoms with Gasteiger partial charge in [-0.2, -0.15) is 0 Å². The number of ether oxygens (including phenoxy) is 3. The fourth-order valence-corrected chi connectivity index (χ4v) is 1.40. The first-order valence-electron chi connectivity index (χ1n) is 5.67. The van der Waals surface area contributed by atoms with Gasteiger partial charge in [0.15, 0.2) is 0 Å². The molecule has 1 rings (SSSR count). The van der Waals surface area contributed by atoms with E-state index in [1.54, 1.807) is 45.0 Å². The molecule has 0 aromatic heterocycles. The molecule has 4 nitrogen and oxygen atoms in total. The lowest BCUT2D eigenvalue weighted by Gasteiger charge is -2.26. The van der Waals surface area contributed by atoms with E-state index in [4.69, 9.17) is 14.2 Å². The molecule has 0 spiro atoms. The molecule has 0 amide bonds. The summed E-state index contributed by atoms with van der Waals surface area (Å²) in [5, 5.41) is 0. The molecule has 4 heteroatoms. The van der Waals surface area contributed by atoms with E-state index in [9.17, 15) is 4.79 Å². The predicted octanol–water partition coefficient (Wildman–Crippen LogP) is 2.38. The lowest BCUT2D eigenvalue weighted by Crippen LogP contribution is -2.44. The van der Waals surface area contributed by atoms with E-state index in [1.165, 1.54) is 0 Å². The number of hydrogen-bond donors (Lipinski definition) is 0. The first kappa shape index (κ1) is 13.7. The Bertz CT molecular complexity index is 342. The van der Waals surface area contributed by atoms with Crippen molar-refractivity contribution in [2.24, 2.45) is 0 Å². The third-order valence-corrected chi connectivity index (χ3v) is 2.16. The van der Waals surface area contributed by atoms with Gasteiger partial charge in [-0.25, -0.2) is 4.79 Å². The smallest absolute Gasteiger partial charge is 0.371 e. The average Bonchev–Trinajstić information content (AvgIpc) is 2.31. The summed E-state index contributed by atoms with van der Waals surface area (Å²) in [6, 6.07) is 8.84. The molecule has 0 heterocycles. The van der Waals surface area contributed by atoms with E-state index >= 15 is 0 Å². The lowest BCUT2D eigenvalue weighted by atomic mass is 10.3. The van der Waals surface area contributed by atoms with Crippen molar-refractivity contribution in [3.05, 3.63) is 30.3 Å². The van der Waals surface area contributed by atoms with Crippen LogP contribution in [0.15, 0.2) is 30.3 Å². The number of carbonyl (C=O) groups excluding carboxylic acids is 1. The quantitative estimate of drug-likeness (QED) is 0.433. The molecule has 1 aromatic carbocycles. The van der Waals surface area contributed by atoms with Crippen molar-refractivity contribution in [1.82, 2.24) is 0 Å². The normalized spacial score (nSPS) is 11.2. The average molecular weight is 238 g/mol. The topological polar surface area (TPSA) is 44.8 Å². The Morgan fingerprint density at radius 3 is 2.12 bits per heavy atom. The van der Waals surface area contributed by atoms with Crippen LogP contribution in [0, 0.1) is 0 Å². The molecular weight excluding hydrogens is 220 g/mol. The standard InChI is InChI=1S/C13H18O4/c1-4-15-13(3,16-5-2)12(14)17-11-9-7-6-8-10-11/h6-10H,4-5H2,1-3H3. The highest BCUT2D eigenvalue weighted by atomic mass is 16.7. The highest BCUT2D eigenvalue weighted by Gasteiger charge is 2.37. The Morgan fingerprint density at radius 2 is 1.65 bits per heavy atom. The monoisotopic (exact) mass is 238 g/mol. The number of benzene rings is 1. The van der Waals surface area contributed by atoms with Crippen molar-refractivity contribution < 1.29 is 19.0 Å². The van der Waals surface area contributed by atoms with Crippen molar-refractivity contribution in [2.75, 3.05) is 13.2 Å². The van der Waals surface area contributed by atoms with Crippen LogP contribution in [0.5, 0.6) is 5.75 Å². The summed E-state index contributed by atoms with van der Waals surface area (Å²) in [7, 11) is 0. The van der Waals surface area contributed by atoms with Crippen LogP contribution in [0.3, 0.4) is 0 Å². The minimum Gasteiger partial charge on any atom is -0.423 e. The maximum Gasteiger partial charge on any atom is 0.371 e. The van der Waals surface area contributed by atoms with Crippen LogP contribution in [0.2, 0.25) is 0 Å². The maximum atomic E-state index is 11.9.